The minimum atomic E-state index is -0.620. The number of methoxy groups -OCH3 is 3. The summed E-state index contributed by atoms with van der Waals surface area (Å²) in [4.78, 5) is 33.3. The summed E-state index contributed by atoms with van der Waals surface area (Å²) < 4.78 is 29.6. The van der Waals surface area contributed by atoms with Gasteiger partial charge in [0.1, 0.15) is 11.4 Å². The zero-order chi connectivity index (χ0) is 22.2. The Morgan fingerprint density at radius 1 is 1.13 bits per heavy atom. The smallest absolute Gasteiger partial charge is 0.259 e. The highest BCUT2D eigenvalue weighted by Gasteiger charge is 2.62. The van der Waals surface area contributed by atoms with Crippen molar-refractivity contribution in [2.24, 2.45) is 0 Å². The summed E-state index contributed by atoms with van der Waals surface area (Å²) in [6.07, 6.45) is 0.391. The molecular formula is C22H24FN3O5. The Bertz CT molecular complexity index is 1010. The SMILES string of the molecule is COc1ccc(C(=O)N2CCC3(CC2)C(OC)C(=O)N3c2cccc(F)c2)c(OC)n1. The van der Waals surface area contributed by atoms with Gasteiger partial charge >= 0.3 is 0 Å². The van der Waals surface area contributed by atoms with Crippen molar-refractivity contribution in [1.82, 2.24) is 9.88 Å². The topological polar surface area (TPSA) is 81.2 Å². The number of halogens is 1. The van der Waals surface area contributed by atoms with Gasteiger partial charge in [0.15, 0.2) is 6.10 Å². The van der Waals surface area contributed by atoms with Gasteiger partial charge in [-0.15, -0.1) is 0 Å². The van der Waals surface area contributed by atoms with Crippen LogP contribution in [0.25, 0.3) is 0 Å². The molecule has 2 saturated heterocycles. The molecule has 31 heavy (non-hydrogen) atoms. The summed E-state index contributed by atoms with van der Waals surface area (Å²) >= 11 is 0. The van der Waals surface area contributed by atoms with Gasteiger partial charge in [-0.3, -0.25) is 9.59 Å². The average Bonchev–Trinajstić information content (AvgIpc) is 2.79. The van der Waals surface area contributed by atoms with Crippen LogP contribution in [0.1, 0.15) is 23.2 Å². The summed E-state index contributed by atoms with van der Waals surface area (Å²) in [7, 11) is 4.44. The van der Waals surface area contributed by atoms with E-state index in [9.17, 15) is 14.0 Å². The highest BCUT2D eigenvalue weighted by molar-refractivity contribution is 6.07. The number of hydrogen-bond donors (Lipinski definition) is 0. The second kappa shape index (κ2) is 8.14. The average molecular weight is 429 g/mol. The molecule has 1 spiro atoms. The molecule has 0 aliphatic carbocycles. The van der Waals surface area contributed by atoms with Crippen LogP contribution in [-0.2, 0) is 9.53 Å². The Balaban J connectivity index is 1.55. The summed E-state index contributed by atoms with van der Waals surface area (Å²) in [6, 6.07) is 9.20. The highest BCUT2D eigenvalue weighted by Crippen LogP contribution is 2.46. The number of piperidine rings is 1. The third-order valence-corrected chi connectivity index (χ3v) is 6.06. The molecule has 1 aromatic carbocycles. The number of pyridine rings is 1. The van der Waals surface area contributed by atoms with Crippen LogP contribution in [0, 0.1) is 5.82 Å². The van der Waals surface area contributed by atoms with E-state index in [1.54, 1.807) is 34.1 Å². The molecule has 0 radical (unpaired) electrons. The first-order chi connectivity index (χ1) is 14.9. The van der Waals surface area contributed by atoms with Crippen LogP contribution in [0.4, 0.5) is 10.1 Å². The Kier molecular flexibility index (Phi) is 5.53. The normalized spacial score (nSPS) is 19.9. The van der Waals surface area contributed by atoms with Gasteiger partial charge in [0.05, 0.1) is 19.8 Å². The fraction of sp³-hybridized carbons (Fsp3) is 0.409. The summed E-state index contributed by atoms with van der Waals surface area (Å²) in [5.41, 5.74) is 0.229. The van der Waals surface area contributed by atoms with Crippen molar-refractivity contribution in [1.29, 1.82) is 0 Å². The van der Waals surface area contributed by atoms with Crippen molar-refractivity contribution in [3.8, 4) is 11.8 Å². The second-order valence-electron chi connectivity index (χ2n) is 7.58. The molecule has 3 heterocycles. The Labute approximate surface area is 179 Å². The van der Waals surface area contributed by atoms with Gasteiger partial charge in [-0.25, -0.2) is 4.39 Å². The number of ether oxygens (including phenoxy) is 3. The molecule has 1 unspecified atom stereocenters. The Hall–Kier alpha value is -3.20. The number of aromatic nitrogens is 1. The van der Waals surface area contributed by atoms with E-state index in [-0.39, 0.29) is 17.7 Å². The molecule has 2 aliphatic heterocycles. The van der Waals surface area contributed by atoms with Crippen LogP contribution in [0.3, 0.4) is 0 Å². The van der Waals surface area contributed by atoms with E-state index in [1.165, 1.54) is 33.5 Å². The summed E-state index contributed by atoms with van der Waals surface area (Å²) in [6.45, 7) is 0.819. The van der Waals surface area contributed by atoms with Gasteiger partial charge in [-0.1, -0.05) is 6.07 Å². The molecule has 1 aromatic heterocycles. The molecule has 2 fully saturated rings. The van der Waals surface area contributed by atoms with Crippen LogP contribution in [0.5, 0.6) is 11.8 Å². The minimum absolute atomic E-state index is 0.194. The number of amides is 2. The number of rotatable bonds is 5. The maximum Gasteiger partial charge on any atom is 0.259 e. The fourth-order valence-electron chi connectivity index (χ4n) is 4.55. The summed E-state index contributed by atoms with van der Waals surface area (Å²) in [5.74, 6) is -0.270. The first-order valence-electron chi connectivity index (χ1n) is 9.96. The van der Waals surface area contributed by atoms with E-state index >= 15 is 0 Å². The van der Waals surface area contributed by atoms with E-state index in [4.69, 9.17) is 14.2 Å². The van der Waals surface area contributed by atoms with Gasteiger partial charge in [-0.2, -0.15) is 4.98 Å². The number of carbonyl (C=O) groups excluding carboxylic acids is 2. The van der Waals surface area contributed by atoms with Crippen molar-refractivity contribution in [3.05, 3.63) is 47.8 Å². The Morgan fingerprint density at radius 3 is 2.48 bits per heavy atom. The predicted molar refractivity (Wildman–Crippen MR) is 110 cm³/mol. The highest BCUT2D eigenvalue weighted by atomic mass is 19.1. The van der Waals surface area contributed by atoms with Gasteiger partial charge in [0.25, 0.3) is 11.8 Å². The molecule has 164 valence electrons. The standard InChI is InChI=1S/C22H24FN3O5/c1-29-17-8-7-16(19(24-17)31-3)20(27)25-11-9-22(10-12-25)18(30-2)21(28)26(22)15-6-4-5-14(23)13-15/h4-8,13,18H,9-12H2,1-3H3. The molecule has 0 bridgehead atoms. The van der Waals surface area contributed by atoms with E-state index in [2.05, 4.69) is 4.98 Å². The fourth-order valence-corrected chi connectivity index (χ4v) is 4.55. The third kappa shape index (κ3) is 3.38. The van der Waals surface area contributed by atoms with Crippen LogP contribution in [0.2, 0.25) is 0 Å². The number of carbonyl (C=O) groups is 2. The minimum Gasteiger partial charge on any atom is -0.481 e. The van der Waals surface area contributed by atoms with Gasteiger partial charge in [-0.05, 0) is 37.1 Å². The molecule has 2 amide bonds. The van der Waals surface area contributed by atoms with E-state index in [0.717, 1.165) is 0 Å². The van der Waals surface area contributed by atoms with E-state index < -0.39 is 17.5 Å². The van der Waals surface area contributed by atoms with Crippen LogP contribution in [0.15, 0.2) is 36.4 Å². The zero-order valence-electron chi connectivity index (χ0n) is 17.6. The van der Waals surface area contributed by atoms with Gasteiger partial charge in [0.2, 0.25) is 11.8 Å². The first-order valence-corrected chi connectivity index (χ1v) is 9.96. The lowest BCUT2D eigenvalue weighted by atomic mass is 9.72. The molecule has 0 N–H and O–H groups in total. The van der Waals surface area contributed by atoms with E-state index in [0.29, 0.717) is 43.1 Å². The molecule has 2 aromatic rings. The maximum atomic E-state index is 13.8. The number of β-lactam (4-membered cyclic amide) rings is 1. The van der Waals surface area contributed by atoms with Crippen molar-refractivity contribution in [3.63, 3.8) is 0 Å². The van der Waals surface area contributed by atoms with Gasteiger partial charge < -0.3 is 24.0 Å². The number of benzene rings is 1. The quantitative estimate of drug-likeness (QED) is 0.679. The molecule has 2 aliphatic rings. The predicted octanol–water partition coefficient (Wildman–Crippen LogP) is 2.27. The molecular weight excluding hydrogens is 405 g/mol. The van der Waals surface area contributed by atoms with Crippen molar-refractivity contribution in [2.45, 2.75) is 24.5 Å². The lowest BCUT2D eigenvalue weighted by molar-refractivity contribution is -0.150. The number of hydrogen-bond acceptors (Lipinski definition) is 6. The second-order valence-corrected chi connectivity index (χ2v) is 7.58. The van der Waals surface area contributed by atoms with Crippen molar-refractivity contribution < 1.29 is 28.2 Å². The number of likely N-dealkylation sites (tertiary alicyclic amines) is 1. The lowest BCUT2D eigenvalue weighted by Gasteiger charge is -2.59. The van der Waals surface area contributed by atoms with Crippen molar-refractivity contribution in [2.75, 3.05) is 39.3 Å². The Morgan fingerprint density at radius 2 is 1.87 bits per heavy atom. The molecule has 8 nitrogen and oxygen atoms in total. The summed E-state index contributed by atoms with van der Waals surface area (Å²) in [5, 5.41) is 0. The third-order valence-electron chi connectivity index (χ3n) is 6.06. The number of nitrogens with zero attached hydrogens (tertiary/aromatic N) is 3. The van der Waals surface area contributed by atoms with Crippen LogP contribution >= 0.6 is 0 Å². The molecule has 4 rings (SSSR count). The number of anilines is 1. The monoisotopic (exact) mass is 429 g/mol. The molecule has 0 saturated carbocycles. The van der Waals surface area contributed by atoms with E-state index in [1.807, 2.05) is 0 Å². The van der Waals surface area contributed by atoms with Gasteiger partial charge in [0, 0.05) is 32.0 Å². The van der Waals surface area contributed by atoms with Crippen LogP contribution in [-0.4, -0.2) is 67.8 Å². The van der Waals surface area contributed by atoms with Crippen molar-refractivity contribution >= 4 is 17.5 Å². The largest absolute Gasteiger partial charge is 0.481 e. The molecule has 1 atom stereocenters. The maximum absolute atomic E-state index is 13.8. The molecule has 9 heteroatoms. The first kappa shape index (κ1) is 21.0. The lowest BCUT2D eigenvalue weighted by Crippen LogP contribution is -2.78. The van der Waals surface area contributed by atoms with Crippen LogP contribution < -0.4 is 14.4 Å². The zero-order valence-corrected chi connectivity index (χ0v) is 17.6.